The van der Waals surface area contributed by atoms with Gasteiger partial charge in [0.25, 0.3) is 0 Å². The van der Waals surface area contributed by atoms with Crippen molar-refractivity contribution in [1.29, 1.82) is 0 Å². The zero-order valence-corrected chi connectivity index (χ0v) is 14.0. The molecule has 8 nitrogen and oxygen atoms in total. The lowest BCUT2D eigenvalue weighted by molar-refractivity contribution is -0.378. The molecule has 132 valence electrons. The summed E-state index contributed by atoms with van der Waals surface area (Å²) in [7, 11) is 3.01. The van der Waals surface area contributed by atoms with Crippen LogP contribution in [0, 0.1) is 10.1 Å². The first-order chi connectivity index (χ1) is 11.6. The first-order valence-electron chi connectivity index (χ1n) is 7.75. The number of nitrogens with zero attached hydrogens (tertiary/aromatic N) is 2. The van der Waals surface area contributed by atoms with E-state index in [1.165, 1.54) is 14.2 Å². The molecule has 0 atom stereocenters. The average molecular weight is 337 g/mol. The summed E-state index contributed by atoms with van der Waals surface area (Å²) >= 11 is 0. The summed E-state index contributed by atoms with van der Waals surface area (Å²) in [5, 5.41) is 11.6. The molecule has 1 heterocycles. The summed E-state index contributed by atoms with van der Waals surface area (Å²) in [6, 6.07) is 4.87. The Morgan fingerprint density at radius 2 is 2.12 bits per heavy atom. The standard InChI is InChI=1S/C16H23N3O5/c1-22-13-5-4-12(10-14(13)23-2)16(19(20)21)15-11-18(7-3-6-17)8-9-24-15/h4-5,10H,3,6-9,11,17H2,1-2H3. The molecule has 0 aliphatic carbocycles. The van der Waals surface area contributed by atoms with Crippen molar-refractivity contribution in [1.82, 2.24) is 4.90 Å². The van der Waals surface area contributed by atoms with Crippen molar-refractivity contribution in [3.8, 4) is 11.5 Å². The summed E-state index contributed by atoms with van der Waals surface area (Å²) in [4.78, 5) is 13.3. The first kappa shape index (κ1) is 18.0. The molecule has 2 rings (SSSR count). The predicted molar refractivity (Wildman–Crippen MR) is 89.5 cm³/mol. The molecule has 0 aromatic heterocycles. The first-order valence-corrected chi connectivity index (χ1v) is 7.75. The monoisotopic (exact) mass is 337 g/mol. The van der Waals surface area contributed by atoms with E-state index in [4.69, 9.17) is 19.9 Å². The molecule has 0 spiro atoms. The minimum Gasteiger partial charge on any atom is -0.493 e. The molecule has 1 saturated heterocycles. The third-order valence-corrected chi connectivity index (χ3v) is 3.83. The fraction of sp³-hybridized carbons (Fsp3) is 0.500. The fourth-order valence-corrected chi connectivity index (χ4v) is 2.63. The van der Waals surface area contributed by atoms with Gasteiger partial charge in [-0.15, -0.1) is 0 Å². The molecule has 1 aromatic carbocycles. The molecule has 0 saturated carbocycles. The van der Waals surface area contributed by atoms with Gasteiger partial charge >= 0.3 is 5.70 Å². The second-order valence-electron chi connectivity index (χ2n) is 5.37. The van der Waals surface area contributed by atoms with Crippen LogP contribution in [0.3, 0.4) is 0 Å². The highest BCUT2D eigenvalue weighted by Crippen LogP contribution is 2.32. The van der Waals surface area contributed by atoms with Crippen molar-refractivity contribution in [2.24, 2.45) is 5.73 Å². The lowest BCUT2D eigenvalue weighted by Crippen LogP contribution is -2.37. The number of benzene rings is 1. The van der Waals surface area contributed by atoms with Crippen LogP contribution < -0.4 is 15.2 Å². The summed E-state index contributed by atoms with van der Waals surface area (Å²) in [6.07, 6.45) is 0.845. The van der Waals surface area contributed by atoms with E-state index in [1.54, 1.807) is 18.2 Å². The summed E-state index contributed by atoms with van der Waals surface area (Å²) in [5.41, 5.74) is 5.91. The van der Waals surface area contributed by atoms with Gasteiger partial charge in [0, 0.05) is 6.54 Å². The molecule has 0 radical (unpaired) electrons. The highest BCUT2D eigenvalue weighted by Gasteiger charge is 2.28. The van der Waals surface area contributed by atoms with Gasteiger partial charge in [0.05, 0.1) is 31.3 Å². The summed E-state index contributed by atoms with van der Waals surface area (Å²) in [5.74, 6) is 1.31. The Bertz CT molecular complexity index is 618. The van der Waals surface area contributed by atoms with E-state index < -0.39 is 4.92 Å². The number of morpholine rings is 1. The Morgan fingerprint density at radius 1 is 1.38 bits per heavy atom. The zero-order valence-electron chi connectivity index (χ0n) is 14.0. The number of methoxy groups -OCH3 is 2. The van der Waals surface area contributed by atoms with Gasteiger partial charge in [-0.25, -0.2) is 0 Å². The van der Waals surface area contributed by atoms with E-state index in [1.807, 2.05) is 0 Å². The molecule has 1 fully saturated rings. The van der Waals surface area contributed by atoms with Crippen LogP contribution in [0.25, 0.3) is 5.70 Å². The quantitative estimate of drug-likeness (QED) is 0.592. The molecular formula is C16H23N3O5. The number of hydrogen-bond donors (Lipinski definition) is 1. The van der Waals surface area contributed by atoms with Crippen LogP contribution in [0.2, 0.25) is 0 Å². The zero-order chi connectivity index (χ0) is 17.5. The predicted octanol–water partition coefficient (Wildman–Crippen LogP) is 1.33. The molecule has 1 aliphatic heterocycles. The molecule has 0 bridgehead atoms. The van der Waals surface area contributed by atoms with Crippen LogP contribution in [0.4, 0.5) is 0 Å². The highest BCUT2D eigenvalue weighted by atomic mass is 16.6. The van der Waals surface area contributed by atoms with Gasteiger partial charge in [-0.1, -0.05) is 0 Å². The van der Waals surface area contributed by atoms with E-state index in [0.29, 0.717) is 42.5 Å². The van der Waals surface area contributed by atoms with Crippen LogP contribution in [0.1, 0.15) is 12.0 Å². The van der Waals surface area contributed by atoms with Crippen LogP contribution in [0.5, 0.6) is 11.5 Å². The largest absolute Gasteiger partial charge is 0.493 e. The number of nitro groups is 1. The van der Waals surface area contributed by atoms with Gasteiger partial charge in [-0.2, -0.15) is 0 Å². The van der Waals surface area contributed by atoms with Crippen LogP contribution in [-0.2, 0) is 4.74 Å². The molecule has 1 aromatic rings. The topological polar surface area (TPSA) is 100 Å². The van der Waals surface area contributed by atoms with Crippen molar-refractivity contribution < 1.29 is 19.1 Å². The SMILES string of the molecule is COc1ccc(C(=C2CN(CCCN)CCO2)[N+](=O)[O-])cc1OC. The van der Waals surface area contributed by atoms with E-state index in [0.717, 1.165) is 19.5 Å². The molecule has 0 unspecified atom stereocenters. The maximum atomic E-state index is 11.6. The van der Waals surface area contributed by atoms with Gasteiger partial charge in [-0.3, -0.25) is 15.0 Å². The molecule has 1 aliphatic rings. The maximum absolute atomic E-state index is 11.6. The second kappa shape index (κ2) is 8.51. The smallest absolute Gasteiger partial charge is 0.315 e. The Kier molecular flexibility index (Phi) is 6.39. The fourth-order valence-electron chi connectivity index (χ4n) is 2.63. The van der Waals surface area contributed by atoms with Gasteiger partial charge in [-0.05, 0) is 37.7 Å². The van der Waals surface area contributed by atoms with E-state index >= 15 is 0 Å². The summed E-state index contributed by atoms with van der Waals surface area (Å²) in [6.45, 7) is 2.93. The van der Waals surface area contributed by atoms with Crippen molar-refractivity contribution in [3.05, 3.63) is 39.6 Å². The normalized spacial score (nSPS) is 17.1. The highest BCUT2D eigenvalue weighted by molar-refractivity contribution is 5.64. The van der Waals surface area contributed by atoms with Crippen molar-refractivity contribution in [3.63, 3.8) is 0 Å². The molecule has 0 amide bonds. The molecule has 24 heavy (non-hydrogen) atoms. The van der Waals surface area contributed by atoms with Gasteiger partial charge in [0.2, 0.25) is 0 Å². The summed E-state index contributed by atoms with van der Waals surface area (Å²) < 4.78 is 16.0. The van der Waals surface area contributed by atoms with Crippen molar-refractivity contribution in [2.75, 3.05) is 47.0 Å². The van der Waals surface area contributed by atoms with Gasteiger partial charge < -0.3 is 19.9 Å². The van der Waals surface area contributed by atoms with Gasteiger partial charge in [0.1, 0.15) is 6.61 Å². The third-order valence-electron chi connectivity index (χ3n) is 3.83. The van der Waals surface area contributed by atoms with Crippen LogP contribution in [-0.4, -0.2) is 56.8 Å². The average Bonchev–Trinajstić information content (AvgIpc) is 2.60. The molecule has 8 heteroatoms. The number of rotatable bonds is 7. The third kappa shape index (κ3) is 4.15. The number of nitrogens with two attached hydrogens (primary N) is 1. The minimum atomic E-state index is -0.414. The molecule has 2 N–H and O–H groups in total. The van der Waals surface area contributed by atoms with E-state index in [9.17, 15) is 10.1 Å². The van der Waals surface area contributed by atoms with Crippen LogP contribution in [0.15, 0.2) is 24.0 Å². The lowest BCUT2D eigenvalue weighted by atomic mass is 10.1. The Morgan fingerprint density at radius 3 is 2.75 bits per heavy atom. The Labute approximate surface area is 140 Å². The van der Waals surface area contributed by atoms with E-state index in [2.05, 4.69) is 4.90 Å². The van der Waals surface area contributed by atoms with Gasteiger partial charge in [0.15, 0.2) is 17.3 Å². The lowest BCUT2D eigenvalue weighted by Gasteiger charge is -2.28. The molecular weight excluding hydrogens is 314 g/mol. The number of hydrogen-bond acceptors (Lipinski definition) is 7. The van der Waals surface area contributed by atoms with E-state index in [-0.39, 0.29) is 5.70 Å². The number of ether oxygens (including phenoxy) is 3. The van der Waals surface area contributed by atoms with Crippen molar-refractivity contribution in [2.45, 2.75) is 6.42 Å². The maximum Gasteiger partial charge on any atom is 0.315 e. The minimum absolute atomic E-state index is 0.0478. The van der Waals surface area contributed by atoms with Crippen LogP contribution >= 0.6 is 0 Å². The van der Waals surface area contributed by atoms with Crippen molar-refractivity contribution >= 4 is 5.70 Å². The Hall–Kier alpha value is -2.32. The second-order valence-corrected chi connectivity index (χ2v) is 5.37. The Balaban J connectivity index is 2.36.